The molecule has 0 aromatic heterocycles. The minimum Gasteiger partial charge on any atom is -0.369 e. The van der Waals surface area contributed by atoms with Crippen LogP contribution in [0.25, 0.3) is 0 Å². The molecule has 1 amide bonds. The molecule has 25 heavy (non-hydrogen) atoms. The Morgan fingerprint density at radius 1 is 1.16 bits per heavy atom. The molecule has 1 aromatic rings. The molecule has 2 aliphatic heterocycles. The lowest BCUT2D eigenvalue weighted by Crippen LogP contribution is -2.47. The van der Waals surface area contributed by atoms with E-state index in [0.29, 0.717) is 0 Å². The Hall–Kier alpha value is -1.59. The molecule has 2 heterocycles. The molecule has 1 unspecified atom stereocenters. The zero-order chi connectivity index (χ0) is 17.1. The highest BCUT2D eigenvalue weighted by Crippen LogP contribution is 2.30. The first kappa shape index (κ1) is 16.9. The van der Waals surface area contributed by atoms with Crippen molar-refractivity contribution in [2.75, 3.05) is 56.0 Å². The molecule has 4 rings (SSSR count). The molecule has 0 bridgehead atoms. The fourth-order valence-corrected chi connectivity index (χ4v) is 3.95. The average Bonchev–Trinajstić information content (AvgIpc) is 3.47. The van der Waals surface area contributed by atoms with Gasteiger partial charge in [-0.25, -0.2) is 0 Å². The minimum atomic E-state index is 0.100. The highest BCUT2D eigenvalue weighted by Gasteiger charge is 2.26. The molecular formula is C20H30N4O. The predicted molar refractivity (Wildman–Crippen MR) is 102 cm³/mol. The number of piperidine rings is 1. The third kappa shape index (κ3) is 4.53. The minimum absolute atomic E-state index is 0.100. The highest BCUT2D eigenvalue weighted by atomic mass is 16.1. The van der Waals surface area contributed by atoms with Crippen molar-refractivity contribution in [1.29, 1.82) is 0 Å². The third-order valence-corrected chi connectivity index (χ3v) is 5.73. The molecule has 0 radical (unpaired) electrons. The Kier molecular flexibility index (Phi) is 5.22. The number of amides is 1. The summed E-state index contributed by atoms with van der Waals surface area (Å²) in [5, 5.41) is 6.43. The van der Waals surface area contributed by atoms with E-state index in [0.717, 1.165) is 63.7 Å². The van der Waals surface area contributed by atoms with Crippen LogP contribution in [0.5, 0.6) is 0 Å². The number of nitrogens with one attached hydrogen (secondary N) is 2. The van der Waals surface area contributed by atoms with Crippen LogP contribution in [0.4, 0.5) is 11.4 Å². The quantitative estimate of drug-likeness (QED) is 0.861. The molecule has 3 fully saturated rings. The van der Waals surface area contributed by atoms with E-state index in [9.17, 15) is 4.79 Å². The summed E-state index contributed by atoms with van der Waals surface area (Å²) in [4.78, 5) is 17.5. The first-order valence-corrected chi connectivity index (χ1v) is 9.87. The molecule has 1 aliphatic carbocycles. The maximum atomic E-state index is 12.4. The molecular weight excluding hydrogens is 312 g/mol. The van der Waals surface area contributed by atoms with Gasteiger partial charge in [0.15, 0.2) is 0 Å². The molecule has 5 nitrogen and oxygen atoms in total. The van der Waals surface area contributed by atoms with Gasteiger partial charge in [-0.15, -0.1) is 0 Å². The van der Waals surface area contributed by atoms with E-state index >= 15 is 0 Å². The molecule has 136 valence electrons. The van der Waals surface area contributed by atoms with Crippen LogP contribution in [-0.4, -0.2) is 56.6 Å². The van der Waals surface area contributed by atoms with Crippen LogP contribution in [-0.2, 0) is 4.79 Å². The molecule has 1 atom stereocenters. The lowest BCUT2D eigenvalue weighted by atomic mass is 9.99. The second-order valence-electron chi connectivity index (χ2n) is 7.81. The molecule has 2 N–H and O–H groups in total. The number of hydrogen-bond acceptors (Lipinski definition) is 4. The number of hydrogen-bond donors (Lipinski definition) is 2. The van der Waals surface area contributed by atoms with Gasteiger partial charge >= 0.3 is 0 Å². The van der Waals surface area contributed by atoms with Crippen molar-refractivity contribution in [3.05, 3.63) is 24.3 Å². The summed E-state index contributed by atoms with van der Waals surface area (Å²) in [5.41, 5.74) is 2.15. The number of nitrogens with zero attached hydrogens (tertiary/aromatic N) is 2. The average molecular weight is 342 g/mol. The molecule has 0 spiro atoms. The van der Waals surface area contributed by atoms with Crippen LogP contribution >= 0.6 is 0 Å². The maximum absolute atomic E-state index is 12.4. The van der Waals surface area contributed by atoms with Gasteiger partial charge in [-0.3, -0.25) is 9.69 Å². The van der Waals surface area contributed by atoms with Crippen molar-refractivity contribution in [2.45, 2.75) is 25.7 Å². The molecule has 5 heteroatoms. The van der Waals surface area contributed by atoms with Crippen molar-refractivity contribution in [2.24, 2.45) is 11.8 Å². The number of piperazine rings is 1. The molecule has 1 aromatic carbocycles. The number of carbonyl (C=O) groups is 1. The second kappa shape index (κ2) is 7.75. The Bertz CT molecular complexity index is 587. The Morgan fingerprint density at radius 3 is 2.72 bits per heavy atom. The fourth-order valence-electron chi connectivity index (χ4n) is 3.95. The normalized spacial score (nSPS) is 25.0. The van der Waals surface area contributed by atoms with E-state index < -0.39 is 0 Å². The number of benzene rings is 1. The van der Waals surface area contributed by atoms with Crippen LogP contribution in [0.3, 0.4) is 0 Å². The van der Waals surface area contributed by atoms with Gasteiger partial charge in [0.05, 0.1) is 5.92 Å². The van der Waals surface area contributed by atoms with Gasteiger partial charge < -0.3 is 15.5 Å². The van der Waals surface area contributed by atoms with Gasteiger partial charge in [0.1, 0.15) is 0 Å². The van der Waals surface area contributed by atoms with Crippen molar-refractivity contribution in [1.82, 2.24) is 10.2 Å². The highest BCUT2D eigenvalue weighted by molar-refractivity contribution is 5.93. The summed E-state index contributed by atoms with van der Waals surface area (Å²) < 4.78 is 0. The zero-order valence-electron chi connectivity index (χ0n) is 15.0. The molecule has 3 aliphatic rings. The van der Waals surface area contributed by atoms with Gasteiger partial charge in [0, 0.05) is 50.6 Å². The van der Waals surface area contributed by atoms with E-state index in [2.05, 4.69) is 38.6 Å². The Balaban J connectivity index is 1.32. The van der Waals surface area contributed by atoms with Crippen molar-refractivity contribution < 1.29 is 4.79 Å². The van der Waals surface area contributed by atoms with Crippen LogP contribution < -0.4 is 15.5 Å². The van der Waals surface area contributed by atoms with Crippen LogP contribution in [0, 0.1) is 11.8 Å². The summed E-state index contributed by atoms with van der Waals surface area (Å²) in [6.07, 6.45) is 4.93. The van der Waals surface area contributed by atoms with Crippen LogP contribution in [0.15, 0.2) is 24.3 Å². The lowest BCUT2D eigenvalue weighted by Gasteiger charge is -2.36. The largest absolute Gasteiger partial charge is 0.369 e. The summed E-state index contributed by atoms with van der Waals surface area (Å²) >= 11 is 0. The van der Waals surface area contributed by atoms with Gasteiger partial charge in [-0.05, 0) is 56.3 Å². The summed E-state index contributed by atoms with van der Waals surface area (Å²) in [6, 6.07) is 8.35. The van der Waals surface area contributed by atoms with Crippen molar-refractivity contribution in [3.63, 3.8) is 0 Å². The monoisotopic (exact) mass is 342 g/mol. The van der Waals surface area contributed by atoms with E-state index in [1.165, 1.54) is 25.1 Å². The van der Waals surface area contributed by atoms with Crippen molar-refractivity contribution >= 4 is 17.3 Å². The van der Waals surface area contributed by atoms with E-state index in [1.807, 2.05) is 6.07 Å². The smallest absolute Gasteiger partial charge is 0.228 e. The van der Waals surface area contributed by atoms with Gasteiger partial charge in [0.25, 0.3) is 0 Å². The fraction of sp³-hybridized carbons (Fsp3) is 0.650. The van der Waals surface area contributed by atoms with Crippen LogP contribution in [0.1, 0.15) is 25.7 Å². The Labute approximate surface area is 150 Å². The van der Waals surface area contributed by atoms with Crippen molar-refractivity contribution in [3.8, 4) is 0 Å². The second-order valence-corrected chi connectivity index (χ2v) is 7.81. The number of rotatable bonds is 5. The standard InChI is InChI=1S/C20H30N4O/c25-20(17-3-2-8-21-14-17)22-18-4-1-5-19(13-18)24-11-9-23(10-12-24)15-16-6-7-16/h1,4-5,13,16-17,21H,2-3,6-12,14-15H2,(H,22,25). The predicted octanol–water partition coefficient (Wildman–Crippen LogP) is 2.16. The van der Waals surface area contributed by atoms with Gasteiger partial charge in [-0.2, -0.15) is 0 Å². The summed E-state index contributed by atoms with van der Waals surface area (Å²) in [5.74, 6) is 1.22. The number of anilines is 2. The first-order chi connectivity index (χ1) is 12.3. The molecule has 1 saturated carbocycles. The summed E-state index contributed by atoms with van der Waals surface area (Å²) in [6.45, 7) is 7.59. The summed E-state index contributed by atoms with van der Waals surface area (Å²) in [7, 11) is 0. The number of carbonyl (C=O) groups excluding carboxylic acids is 1. The van der Waals surface area contributed by atoms with E-state index in [-0.39, 0.29) is 11.8 Å². The SMILES string of the molecule is O=C(Nc1cccc(N2CCN(CC3CC3)CC2)c1)C1CCCNC1. The van der Waals surface area contributed by atoms with Gasteiger partial charge in [-0.1, -0.05) is 6.07 Å². The third-order valence-electron chi connectivity index (χ3n) is 5.73. The van der Waals surface area contributed by atoms with Gasteiger partial charge in [0.2, 0.25) is 5.91 Å². The lowest BCUT2D eigenvalue weighted by molar-refractivity contribution is -0.120. The molecule has 2 saturated heterocycles. The first-order valence-electron chi connectivity index (χ1n) is 9.87. The van der Waals surface area contributed by atoms with E-state index in [1.54, 1.807) is 0 Å². The topological polar surface area (TPSA) is 47.6 Å². The van der Waals surface area contributed by atoms with E-state index in [4.69, 9.17) is 0 Å². The Morgan fingerprint density at radius 2 is 2.00 bits per heavy atom. The zero-order valence-corrected chi connectivity index (χ0v) is 15.0. The van der Waals surface area contributed by atoms with Crippen LogP contribution in [0.2, 0.25) is 0 Å². The maximum Gasteiger partial charge on any atom is 0.228 e.